The fourth-order valence-electron chi connectivity index (χ4n) is 3.96. The van der Waals surface area contributed by atoms with Crippen LogP contribution in [0.5, 0.6) is 6.01 Å². The maximum absolute atomic E-state index is 13.2. The molecule has 0 fully saturated rings. The van der Waals surface area contributed by atoms with Crippen molar-refractivity contribution in [3.8, 4) is 6.01 Å². The largest absolute Gasteiger partial charge is 0.481 e. The van der Waals surface area contributed by atoms with Crippen LogP contribution in [0.3, 0.4) is 0 Å². The van der Waals surface area contributed by atoms with Gasteiger partial charge in [-0.1, -0.05) is 18.5 Å². The number of aryl methyl sites for hydroxylation is 1. The molecule has 3 aromatic rings. The molecule has 0 bridgehead atoms. The van der Waals surface area contributed by atoms with Crippen LogP contribution in [-0.2, 0) is 18.3 Å². The van der Waals surface area contributed by atoms with Crippen LogP contribution in [0.25, 0.3) is 10.9 Å². The van der Waals surface area contributed by atoms with Crippen molar-refractivity contribution in [2.75, 3.05) is 6.61 Å². The number of carbonyl (C=O) groups is 2. The molecule has 7 nitrogen and oxygen atoms in total. The molecule has 2 heterocycles. The highest BCUT2D eigenvalue weighted by molar-refractivity contribution is 6.31. The summed E-state index contributed by atoms with van der Waals surface area (Å²) in [5.74, 6) is -1.17. The Labute approximate surface area is 192 Å². The molecular formula is C24H28ClN3O4. The molecule has 170 valence electrons. The molecule has 0 aliphatic rings. The summed E-state index contributed by atoms with van der Waals surface area (Å²) in [6, 6.07) is 7.68. The zero-order valence-corrected chi connectivity index (χ0v) is 19.1. The van der Waals surface area contributed by atoms with Gasteiger partial charge in [-0.05, 0) is 55.9 Å². The number of Topliss-reactive ketones (excluding diaryl/α,β-unsaturated/α-hetero) is 1. The van der Waals surface area contributed by atoms with Crippen LogP contribution in [0.4, 0.5) is 0 Å². The zero-order chi connectivity index (χ0) is 23.1. The van der Waals surface area contributed by atoms with Crippen LogP contribution in [-0.4, -0.2) is 38.0 Å². The molecule has 0 unspecified atom stereocenters. The Morgan fingerprint density at radius 2 is 1.91 bits per heavy atom. The minimum Gasteiger partial charge on any atom is -0.481 e. The number of ether oxygens (including phenoxy) is 1. The van der Waals surface area contributed by atoms with Gasteiger partial charge >= 0.3 is 12.0 Å². The van der Waals surface area contributed by atoms with E-state index in [9.17, 15) is 9.59 Å². The number of halogens is 1. The Hall–Kier alpha value is -2.93. The minimum absolute atomic E-state index is 0.0300. The quantitative estimate of drug-likeness (QED) is 0.300. The van der Waals surface area contributed by atoms with Gasteiger partial charge in [0, 0.05) is 59.5 Å². The number of carboxylic acids is 1. The monoisotopic (exact) mass is 457 g/mol. The molecule has 0 amide bonds. The number of hydrogen-bond acceptors (Lipinski definition) is 5. The van der Waals surface area contributed by atoms with Crippen molar-refractivity contribution in [3.63, 3.8) is 0 Å². The molecule has 0 radical (unpaired) electrons. The number of fused-ring (bicyclic) bond motifs is 1. The second-order valence-corrected chi connectivity index (χ2v) is 8.50. The first-order chi connectivity index (χ1) is 15.4. The van der Waals surface area contributed by atoms with E-state index in [0.717, 1.165) is 42.3 Å². The standard InChI is InChI=1S/C24H28ClN3O4/c1-16(14-22(30)31)13-21(29)23-18-15-17(25)8-9-19(18)28(2)20(23)7-4-3-5-12-32-24-26-10-6-11-27-24/h6,8-11,15-16H,3-5,7,12-14H2,1-2H3,(H,30,31)/t16-/m0/s1. The van der Waals surface area contributed by atoms with Crippen molar-refractivity contribution < 1.29 is 19.4 Å². The van der Waals surface area contributed by atoms with E-state index in [-0.39, 0.29) is 24.5 Å². The van der Waals surface area contributed by atoms with Crippen LogP contribution in [0.1, 0.15) is 55.1 Å². The summed E-state index contributed by atoms with van der Waals surface area (Å²) in [4.78, 5) is 32.3. The number of unbranched alkanes of at least 4 members (excludes halogenated alkanes) is 2. The molecular weight excluding hydrogens is 430 g/mol. The molecule has 0 spiro atoms. The van der Waals surface area contributed by atoms with Gasteiger partial charge in [-0.25, -0.2) is 9.97 Å². The predicted molar refractivity (Wildman–Crippen MR) is 123 cm³/mol. The number of carbonyl (C=O) groups excluding carboxylic acids is 1. The lowest BCUT2D eigenvalue weighted by atomic mass is 9.94. The molecule has 1 atom stereocenters. The van der Waals surface area contributed by atoms with Gasteiger partial charge in [0.05, 0.1) is 6.61 Å². The van der Waals surface area contributed by atoms with Gasteiger partial charge in [-0.15, -0.1) is 0 Å². The predicted octanol–water partition coefficient (Wildman–Crippen LogP) is 5.10. The third-order valence-electron chi connectivity index (χ3n) is 5.45. The molecule has 32 heavy (non-hydrogen) atoms. The number of ketones is 1. The minimum atomic E-state index is -0.894. The number of nitrogens with zero attached hydrogens (tertiary/aromatic N) is 3. The summed E-state index contributed by atoms with van der Waals surface area (Å²) in [5, 5.41) is 10.4. The summed E-state index contributed by atoms with van der Waals surface area (Å²) in [6.45, 7) is 2.33. The van der Waals surface area contributed by atoms with Crippen LogP contribution < -0.4 is 4.74 Å². The smallest absolute Gasteiger partial charge is 0.316 e. The highest BCUT2D eigenvalue weighted by Crippen LogP contribution is 2.31. The average molecular weight is 458 g/mol. The number of aromatic nitrogens is 3. The van der Waals surface area contributed by atoms with Crippen LogP contribution >= 0.6 is 11.6 Å². The summed E-state index contributed by atoms with van der Waals surface area (Å²) in [5.41, 5.74) is 2.57. The van der Waals surface area contributed by atoms with E-state index in [1.54, 1.807) is 25.4 Å². The van der Waals surface area contributed by atoms with Gasteiger partial charge in [0.1, 0.15) is 0 Å². The molecule has 0 aliphatic carbocycles. The first-order valence-electron chi connectivity index (χ1n) is 10.8. The van der Waals surface area contributed by atoms with Gasteiger partial charge < -0.3 is 14.4 Å². The summed E-state index contributed by atoms with van der Waals surface area (Å²) < 4.78 is 7.59. The lowest BCUT2D eigenvalue weighted by Gasteiger charge is -2.11. The van der Waals surface area contributed by atoms with E-state index in [1.165, 1.54) is 0 Å². The normalized spacial score (nSPS) is 12.1. The van der Waals surface area contributed by atoms with E-state index in [0.29, 0.717) is 23.2 Å². The summed E-state index contributed by atoms with van der Waals surface area (Å²) >= 11 is 6.22. The molecule has 0 saturated heterocycles. The fraction of sp³-hybridized carbons (Fsp3) is 0.417. The van der Waals surface area contributed by atoms with Crippen molar-refractivity contribution in [2.24, 2.45) is 13.0 Å². The lowest BCUT2D eigenvalue weighted by Crippen LogP contribution is -2.12. The average Bonchev–Trinajstić information content (AvgIpc) is 3.01. The van der Waals surface area contributed by atoms with E-state index >= 15 is 0 Å². The first kappa shape index (κ1) is 23.7. The van der Waals surface area contributed by atoms with Gasteiger partial charge in [0.15, 0.2) is 5.78 Å². The molecule has 1 aromatic carbocycles. The maximum Gasteiger partial charge on any atom is 0.316 e. The van der Waals surface area contributed by atoms with Crippen molar-refractivity contribution in [1.29, 1.82) is 0 Å². The number of carboxylic acid groups (broad SMARTS) is 1. The maximum atomic E-state index is 13.2. The van der Waals surface area contributed by atoms with E-state index in [2.05, 4.69) is 14.5 Å². The summed E-state index contributed by atoms with van der Waals surface area (Å²) in [6.07, 6.45) is 6.86. The van der Waals surface area contributed by atoms with E-state index in [1.807, 2.05) is 25.2 Å². The van der Waals surface area contributed by atoms with Crippen LogP contribution in [0.2, 0.25) is 5.02 Å². The summed E-state index contributed by atoms with van der Waals surface area (Å²) in [7, 11) is 1.96. The first-order valence-corrected chi connectivity index (χ1v) is 11.2. The fourth-order valence-corrected chi connectivity index (χ4v) is 4.13. The van der Waals surface area contributed by atoms with Gasteiger partial charge in [-0.3, -0.25) is 9.59 Å². The molecule has 0 aliphatic heterocycles. The molecule has 1 N–H and O–H groups in total. The zero-order valence-electron chi connectivity index (χ0n) is 18.4. The third kappa shape index (κ3) is 6.07. The van der Waals surface area contributed by atoms with Gasteiger partial charge in [0.25, 0.3) is 0 Å². The number of hydrogen-bond donors (Lipinski definition) is 1. The molecule has 8 heteroatoms. The Bertz CT molecular complexity index is 1080. The van der Waals surface area contributed by atoms with Crippen molar-refractivity contribution >= 4 is 34.3 Å². The Balaban J connectivity index is 1.69. The lowest BCUT2D eigenvalue weighted by molar-refractivity contribution is -0.137. The second kappa shape index (κ2) is 11.1. The van der Waals surface area contributed by atoms with E-state index in [4.69, 9.17) is 21.4 Å². The highest BCUT2D eigenvalue weighted by Gasteiger charge is 2.23. The van der Waals surface area contributed by atoms with E-state index < -0.39 is 5.97 Å². The second-order valence-electron chi connectivity index (χ2n) is 8.06. The Morgan fingerprint density at radius 1 is 1.16 bits per heavy atom. The van der Waals surface area contributed by atoms with Crippen LogP contribution in [0, 0.1) is 5.92 Å². The number of benzene rings is 1. The Kier molecular flexibility index (Phi) is 8.22. The van der Waals surface area contributed by atoms with Gasteiger partial charge in [-0.2, -0.15) is 0 Å². The highest BCUT2D eigenvalue weighted by atomic mass is 35.5. The number of aliphatic carboxylic acids is 1. The number of rotatable bonds is 12. The van der Waals surface area contributed by atoms with Gasteiger partial charge in [0.2, 0.25) is 0 Å². The molecule has 2 aromatic heterocycles. The van der Waals surface area contributed by atoms with Crippen molar-refractivity contribution in [3.05, 3.63) is 52.9 Å². The third-order valence-corrected chi connectivity index (χ3v) is 5.68. The molecule has 3 rings (SSSR count). The van der Waals surface area contributed by atoms with Crippen LogP contribution in [0.15, 0.2) is 36.7 Å². The van der Waals surface area contributed by atoms with Crippen molar-refractivity contribution in [2.45, 2.75) is 45.4 Å². The Morgan fingerprint density at radius 3 is 2.62 bits per heavy atom. The SMILES string of the molecule is C[C@H](CC(=O)O)CC(=O)c1c(CCCCCOc2ncccn2)n(C)c2ccc(Cl)cc12. The topological polar surface area (TPSA) is 94.3 Å². The van der Waals surface area contributed by atoms with Crippen molar-refractivity contribution in [1.82, 2.24) is 14.5 Å². The molecule has 0 saturated carbocycles.